The van der Waals surface area contributed by atoms with Crippen LogP contribution in [0.25, 0.3) is 0 Å². The maximum Gasteiger partial charge on any atom is 0.244 e. The van der Waals surface area contributed by atoms with E-state index in [4.69, 9.17) is 0 Å². The molecule has 0 fully saturated rings. The van der Waals surface area contributed by atoms with E-state index >= 15 is 0 Å². The van der Waals surface area contributed by atoms with Gasteiger partial charge in [-0.05, 0) is 26.8 Å². The van der Waals surface area contributed by atoms with Crippen LogP contribution in [0, 0.1) is 6.92 Å². The summed E-state index contributed by atoms with van der Waals surface area (Å²) in [6, 6.07) is 1.66. The molecule has 4 nitrogen and oxygen atoms in total. The lowest BCUT2D eigenvalue weighted by molar-refractivity contribution is -0.124. The molecule has 1 N–H and O–H groups in total. The fourth-order valence-corrected chi connectivity index (χ4v) is 1.22. The molecule has 13 heavy (non-hydrogen) atoms. The molecule has 0 saturated heterocycles. The third-order valence-corrected chi connectivity index (χ3v) is 1.97. The molecular formula is C9H15N3O. The summed E-state index contributed by atoms with van der Waals surface area (Å²) in [5, 5.41) is 6.84. The quantitative estimate of drug-likeness (QED) is 0.752. The van der Waals surface area contributed by atoms with E-state index in [1.54, 1.807) is 10.9 Å². The van der Waals surface area contributed by atoms with E-state index < -0.39 is 0 Å². The highest BCUT2D eigenvalue weighted by Gasteiger charge is 2.15. The summed E-state index contributed by atoms with van der Waals surface area (Å²) >= 11 is 0. The molecule has 1 rings (SSSR count). The molecule has 0 aliphatic heterocycles. The van der Waals surface area contributed by atoms with Gasteiger partial charge in [-0.2, -0.15) is 5.10 Å². The van der Waals surface area contributed by atoms with Crippen molar-refractivity contribution in [1.82, 2.24) is 15.1 Å². The first-order chi connectivity index (χ1) is 6.16. The zero-order valence-electron chi connectivity index (χ0n) is 8.24. The molecule has 1 unspecified atom stereocenters. The standard InChI is InChI=1S/C9H15N3O/c1-4-10-9(13)8(3)12-7(2)5-6-11-12/h5-6,8H,4H2,1-3H3,(H,10,13). The summed E-state index contributed by atoms with van der Waals surface area (Å²) in [4.78, 5) is 11.4. The molecule has 1 aromatic heterocycles. The number of rotatable bonds is 3. The van der Waals surface area contributed by atoms with E-state index in [9.17, 15) is 4.79 Å². The number of nitrogens with one attached hydrogen (secondary N) is 1. The van der Waals surface area contributed by atoms with Gasteiger partial charge in [0, 0.05) is 18.4 Å². The normalized spacial score (nSPS) is 12.5. The first-order valence-corrected chi connectivity index (χ1v) is 4.44. The minimum Gasteiger partial charge on any atom is -0.355 e. The van der Waals surface area contributed by atoms with Gasteiger partial charge in [0.05, 0.1) is 0 Å². The Hall–Kier alpha value is -1.32. The first-order valence-electron chi connectivity index (χ1n) is 4.44. The number of aromatic nitrogens is 2. The maximum atomic E-state index is 11.4. The molecule has 0 aliphatic rings. The summed E-state index contributed by atoms with van der Waals surface area (Å²) in [7, 11) is 0. The Balaban J connectivity index is 2.73. The summed E-state index contributed by atoms with van der Waals surface area (Å²) in [5.74, 6) is 0.00861. The molecule has 1 aromatic rings. The van der Waals surface area contributed by atoms with Gasteiger partial charge in [0.25, 0.3) is 0 Å². The maximum absolute atomic E-state index is 11.4. The van der Waals surface area contributed by atoms with Crippen molar-refractivity contribution in [3.63, 3.8) is 0 Å². The van der Waals surface area contributed by atoms with E-state index in [2.05, 4.69) is 10.4 Å². The second kappa shape index (κ2) is 4.07. The van der Waals surface area contributed by atoms with E-state index in [0.29, 0.717) is 6.54 Å². The van der Waals surface area contributed by atoms with Crippen molar-refractivity contribution in [1.29, 1.82) is 0 Å². The highest BCUT2D eigenvalue weighted by Crippen LogP contribution is 2.07. The van der Waals surface area contributed by atoms with Crippen LogP contribution >= 0.6 is 0 Å². The number of carbonyl (C=O) groups excluding carboxylic acids is 1. The number of hydrogen-bond acceptors (Lipinski definition) is 2. The highest BCUT2D eigenvalue weighted by molar-refractivity contribution is 5.79. The fraction of sp³-hybridized carbons (Fsp3) is 0.556. The lowest BCUT2D eigenvalue weighted by Crippen LogP contribution is -2.31. The van der Waals surface area contributed by atoms with Crippen LogP contribution in [0.4, 0.5) is 0 Å². The summed E-state index contributed by atoms with van der Waals surface area (Å²) in [5.41, 5.74) is 0.999. The Morgan fingerprint density at radius 2 is 2.46 bits per heavy atom. The van der Waals surface area contributed by atoms with Gasteiger partial charge in [-0.25, -0.2) is 0 Å². The topological polar surface area (TPSA) is 46.9 Å². The molecule has 0 bridgehead atoms. The van der Waals surface area contributed by atoms with Crippen LogP contribution in [0.5, 0.6) is 0 Å². The number of likely N-dealkylation sites (N-methyl/N-ethyl adjacent to an activating group) is 1. The zero-order chi connectivity index (χ0) is 9.84. The van der Waals surface area contributed by atoms with Crippen molar-refractivity contribution in [2.75, 3.05) is 6.54 Å². The fourth-order valence-electron chi connectivity index (χ4n) is 1.22. The SMILES string of the molecule is CCNC(=O)C(C)n1nccc1C. The molecule has 1 atom stereocenters. The van der Waals surface area contributed by atoms with Crippen molar-refractivity contribution < 1.29 is 4.79 Å². The average Bonchev–Trinajstić information content (AvgIpc) is 2.50. The summed E-state index contributed by atoms with van der Waals surface area (Å²) in [6.07, 6.45) is 1.70. The van der Waals surface area contributed by atoms with Crippen molar-refractivity contribution in [3.8, 4) is 0 Å². The molecule has 0 aliphatic carbocycles. The Morgan fingerprint density at radius 3 is 2.92 bits per heavy atom. The molecule has 4 heteroatoms. The van der Waals surface area contributed by atoms with Gasteiger partial charge in [-0.3, -0.25) is 9.48 Å². The van der Waals surface area contributed by atoms with Crippen molar-refractivity contribution in [2.45, 2.75) is 26.8 Å². The van der Waals surface area contributed by atoms with Gasteiger partial charge in [0.15, 0.2) is 0 Å². The van der Waals surface area contributed by atoms with E-state index in [-0.39, 0.29) is 11.9 Å². The Bertz CT molecular complexity index is 293. The molecule has 0 spiro atoms. The highest BCUT2D eigenvalue weighted by atomic mass is 16.2. The number of carbonyl (C=O) groups is 1. The lowest BCUT2D eigenvalue weighted by atomic mass is 10.3. The first kappa shape index (κ1) is 9.77. The Labute approximate surface area is 77.9 Å². The van der Waals surface area contributed by atoms with Crippen LogP contribution in [-0.2, 0) is 4.79 Å². The summed E-state index contributed by atoms with van der Waals surface area (Å²) < 4.78 is 1.71. The third kappa shape index (κ3) is 2.08. The predicted octanol–water partition coefficient (Wildman–Crippen LogP) is 0.889. The van der Waals surface area contributed by atoms with Gasteiger partial charge in [0.1, 0.15) is 6.04 Å². The van der Waals surface area contributed by atoms with Gasteiger partial charge in [0.2, 0.25) is 5.91 Å². The van der Waals surface area contributed by atoms with Crippen molar-refractivity contribution in [3.05, 3.63) is 18.0 Å². The van der Waals surface area contributed by atoms with E-state index in [1.165, 1.54) is 0 Å². The largest absolute Gasteiger partial charge is 0.355 e. The second-order valence-corrected chi connectivity index (χ2v) is 2.99. The van der Waals surface area contributed by atoms with Crippen molar-refractivity contribution in [2.24, 2.45) is 0 Å². The number of aryl methyl sites for hydroxylation is 1. The van der Waals surface area contributed by atoms with Crippen LogP contribution in [0.1, 0.15) is 25.6 Å². The van der Waals surface area contributed by atoms with Crippen molar-refractivity contribution >= 4 is 5.91 Å². The minimum absolute atomic E-state index is 0.00861. The molecule has 1 amide bonds. The summed E-state index contributed by atoms with van der Waals surface area (Å²) in [6.45, 7) is 6.33. The molecule has 0 radical (unpaired) electrons. The molecule has 0 saturated carbocycles. The number of hydrogen-bond donors (Lipinski definition) is 1. The van der Waals surface area contributed by atoms with E-state index in [1.807, 2.05) is 26.8 Å². The second-order valence-electron chi connectivity index (χ2n) is 2.99. The molecular weight excluding hydrogens is 166 g/mol. The van der Waals surface area contributed by atoms with Crippen LogP contribution < -0.4 is 5.32 Å². The predicted molar refractivity (Wildman–Crippen MR) is 50.4 cm³/mol. The molecule has 0 aromatic carbocycles. The minimum atomic E-state index is -0.227. The molecule has 72 valence electrons. The van der Waals surface area contributed by atoms with E-state index in [0.717, 1.165) is 5.69 Å². The van der Waals surface area contributed by atoms with Crippen LogP contribution in [0.3, 0.4) is 0 Å². The van der Waals surface area contributed by atoms with Gasteiger partial charge < -0.3 is 5.32 Å². The van der Waals surface area contributed by atoms with Crippen LogP contribution in [0.15, 0.2) is 12.3 Å². The van der Waals surface area contributed by atoms with Crippen LogP contribution in [-0.4, -0.2) is 22.2 Å². The zero-order valence-corrected chi connectivity index (χ0v) is 8.24. The van der Waals surface area contributed by atoms with Crippen LogP contribution in [0.2, 0.25) is 0 Å². The van der Waals surface area contributed by atoms with Gasteiger partial charge >= 0.3 is 0 Å². The number of amides is 1. The number of nitrogens with zero attached hydrogens (tertiary/aromatic N) is 2. The average molecular weight is 181 g/mol. The monoisotopic (exact) mass is 181 g/mol. The van der Waals surface area contributed by atoms with Gasteiger partial charge in [-0.15, -0.1) is 0 Å². The third-order valence-electron chi connectivity index (χ3n) is 1.97. The molecule has 1 heterocycles. The Kier molecular flexibility index (Phi) is 3.06. The lowest BCUT2D eigenvalue weighted by Gasteiger charge is -2.13. The smallest absolute Gasteiger partial charge is 0.244 e. The Morgan fingerprint density at radius 1 is 1.77 bits per heavy atom. The van der Waals surface area contributed by atoms with Gasteiger partial charge in [-0.1, -0.05) is 0 Å².